The number of carbonyl (C=O) groups excluding carboxylic acids is 1. The molecule has 0 fully saturated rings. The van der Waals surface area contributed by atoms with E-state index in [0.29, 0.717) is 16.5 Å². The monoisotopic (exact) mass is 321 g/mol. The molecule has 1 unspecified atom stereocenters. The SMILES string of the molecule is CCC(NC(=O)Cc1ccc(Cl)cc1)c1ccc(Cl)cc1. The molecule has 0 radical (unpaired) electrons. The van der Waals surface area contributed by atoms with Gasteiger partial charge in [-0.3, -0.25) is 4.79 Å². The zero-order valence-electron chi connectivity index (χ0n) is 11.8. The first-order valence-corrected chi connectivity index (χ1v) is 7.63. The fourth-order valence-electron chi connectivity index (χ4n) is 2.15. The van der Waals surface area contributed by atoms with E-state index >= 15 is 0 Å². The minimum absolute atomic E-state index is 0.000813. The van der Waals surface area contributed by atoms with Crippen LogP contribution in [0.4, 0.5) is 0 Å². The number of carbonyl (C=O) groups is 1. The molecular formula is C17H17Cl2NO. The molecule has 0 saturated heterocycles. The predicted octanol–water partition coefficient (Wildman–Crippen LogP) is 4.80. The van der Waals surface area contributed by atoms with Gasteiger partial charge in [0.05, 0.1) is 12.5 Å². The van der Waals surface area contributed by atoms with E-state index in [0.717, 1.165) is 17.5 Å². The van der Waals surface area contributed by atoms with Gasteiger partial charge in [-0.25, -0.2) is 0 Å². The van der Waals surface area contributed by atoms with Crippen molar-refractivity contribution in [3.63, 3.8) is 0 Å². The molecule has 1 atom stereocenters. The van der Waals surface area contributed by atoms with E-state index in [4.69, 9.17) is 23.2 Å². The van der Waals surface area contributed by atoms with Crippen molar-refractivity contribution in [3.05, 3.63) is 69.7 Å². The molecule has 0 aromatic heterocycles. The quantitative estimate of drug-likeness (QED) is 0.841. The molecule has 0 spiro atoms. The van der Waals surface area contributed by atoms with E-state index < -0.39 is 0 Å². The third-order valence-corrected chi connectivity index (χ3v) is 3.80. The second-order valence-corrected chi connectivity index (χ2v) is 5.76. The maximum Gasteiger partial charge on any atom is 0.224 e. The number of rotatable bonds is 5. The summed E-state index contributed by atoms with van der Waals surface area (Å²) in [5.74, 6) is -0.000813. The zero-order chi connectivity index (χ0) is 15.2. The van der Waals surface area contributed by atoms with E-state index in [2.05, 4.69) is 5.32 Å². The van der Waals surface area contributed by atoms with Gasteiger partial charge in [-0.1, -0.05) is 54.4 Å². The molecule has 4 heteroatoms. The average Bonchev–Trinajstić information content (AvgIpc) is 2.48. The van der Waals surface area contributed by atoms with Crippen LogP contribution in [-0.4, -0.2) is 5.91 Å². The number of halogens is 2. The second-order valence-electron chi connectivity index (χ2n) is 4.88. The molecule has 21 heavy (non-hydrogen) atoms. The first-order chi connectivity index (χ1) is 10.1. The molecule has 1 amide bonds. The molecule has 0 aliphatic rings. The molecule has 2 nitrogen and oxygen atoms in total. The van der Waals surface area contributed by atoms with E-state index in [9.17, 15) is 4.79 Å². The molecule has 0 bridgehead atoms. The summed E-state index contributed by atoms with van der Waals surface area (Å²) in [6.45, 7) is 2.04. The highest BCUT2D eigenvalue weighted by molar-refractivity contribution is 6.30. The summed E-state index contributed by atoms with van der Waals surface area (Å²) in [5, 5.41) is 4.42. The Bertz CT molecular complexity index is 593. The van der Waals surface area contributed by atoms with Gasteiger partial charge in [0.25, 0.3) is 0 Å². The second kappa shape index (κ2) is 7.48. The Morgan fingerprint density at radius 1 is 1.00 bits per heavy atom. The van der Waals surface area contributed by atoms with Crippen molar-refractivity contribution in [1.29, 1.82) is 0 Å². The molecule has 2 aromatic carbocycles. The van der Waals surface area contributed by atoms with E-state index in [-0.39, 0.29) is 11.9 Å². The average molecular weight is 322 g/mol. The third-order valence-electron chi connectivity index (χ3n) is 3.29. The Kier molecular flexibility index (Phi) is 5.66. The minimum atomic E-state index is -0.000813. The third kappa shape index (κ3) is 4.76. The maximum absolute atomic E-state index is 12.1. The Morgan fingerprint density at radius 3 is 2.05 bits per heavy atom. The van der Waals surface area contributed by atoms with Crippen molar-refractivity contribution in [3.8, 4) is 0 Å². The van der Waals surface area contributed by atoms with Crippen molar-refractivity contribution in [2.24, 2.45) is 0 Å². The van der Waals surface area contributed by atoms with Crippen LogP contribution in [0.5, 0.6) is 0 Å². The lowest BCUT2D eigenvalue weighted by atomic mass is 10.0. The summed E-state index contributed by atoms with van der Waals surface area (Å²) in [4.78, 5) is 12.1. The van der Waals surface area contributed by atoms with Crippen LogP contribution in [0.15, 0.2) is 48.5 Å². The standard InChI is InChI=1S/C17H17Cl2NO/c1-2-16(13-5-9-15(19)10-6-13)20-17(21)11-12-3-7-14(18)8-4-12/h3-10,16H,2,11H2,1H3,(H,20,21). The first-order valence-electron chi connectivity index (χ1n) is 6.87. The Hall–Kier alpha value is -1.51. The lowest BCUT2D eigenvalue weighted by Gasteiger charge is -2.17. The summed E-state index contributed by atoms with van der Waals surface area (Å²) in [5.41, 5.74) is 2.01. The van der Waals surface area contributed by atoms with Gasteiger partial charge in [-0.2, -0.15) is 0 Å². The van der Waals surface area contributed by atoms with Crippen molar-refractivity contribution >= 4 is 29.1 Å². The van der Waals surface area contributed by atoms with Gasteiger partial charge in [0, 0.05) is 10.0 Å². The van der Waals surface area contributed by atoms with Crippen LogP contribution in [0.3, 0.4) is 0 Å². The largest absolute Gasteiger partial charge is 0.349 e. The Balaban J connectivity index is 1.99. The van der Waals surface area contributed by atoms with Gasteiger partial charge < -0.3 is 5.32 Å². The van der Waals surface area contributed by atoms with Gasteiger partial charge in [0.15, 0.2) is 0 Å². The maximum atomic E-state index is 12.1. The summed E-state index contributed by atoms with van der Waals surface area (Å²) in [6, 6.07) is 14.9. The van der Waals surface area contributed by atoms with Crippen LogP contribution in [0, 0.1) is 0 Å². The molecule has 0 aliphatic carbocycles. The molecule has 0 aliphatic heterocycles. The molecular weight excluding hydrogens is 305 g/mol. The van der Waals surface area contributed by atoms with Crippen molar-refractivity contribution < 1.29 is 4.79 Å². The summed E-state index contributed by atoms with van der Waals surface area (Å²) in [6.07, 6.45) is 1.18. The smallest absolute Gasteiger partial charge is 0.224 e. The number of amides is 1. The van der Waals surface area contributed by atoms with Gasteiger partial charge >= 0.3 is 0 Å². The van der Waals surface area contributed by atoms with Crippen LogP contribution in [0.1, 0.15) is 30.5 Å². The van der Waals surface area contributed by atoms with Crippen LogP contribution in [-0.2, 0) is 11.2 Å². The lowest BCUT2D eigenvalue weighted by molar-refractivity contribution is -0.121. The van der Waals surface area contributed by atoms with E-state index in [1.54, 1.807) is 12.1 Å². The fourth-order valence-corrected chi connectivity index (χ4v) is 2.40. The molecule has 0 heterocycles. The zero-order valence-corrected chi connectivity index (χ0v) is 13.3. The first kappa shape index (κ1) is 15.9. The minimum Gasteiger partial charge on any atom is -0.349 e. The molecule has 0 saturated carbocycles. The Morgan fingerprint density at radius 2 is 1.52 bits per heavy atom. The van der Waals surface area contributed by atoms with Crippen molar-refractivity contribution in [1.82, 2.24) is 5.32 Å². The number of hydrogen-bond donors (Lipinski definition) is 1. The number of benzene rings is 2. The van der Waals surface area contributed by atoms with Crippen LogP contribution in [0.25, 0.3) is 0 Å². The highest BCUT2D eigenvalue weighted by Crippen LogP contribution is 2.19. The van der Waals surface area contributed by atoms with Gasteiger partial charge in [0.1, 0.15) is 0 Å². The highest BCUT2D eigenvalue weighted by Gasteiger charge is 2.13. The van der Waals surface area contributed by atoms with Crippen molar-refractivity contribution in [2.45, 2.75) is 25.8 Å². The predicted molar refractivity (Wildman–Crippen MR) is 87.8 cm³/mol. The number of hydrogen-bond acceptors (Lipinski definition) is 1. The molecule has 110 valence electrons. The van der Waals surface area contributed by atoms with Crippen LogP contribution >= 0.6 is 23.2 Å². The van der Waals surface area contributed by atoms with Gasteiger partial charge in [0.2, 0.25) is 5.91 Å². The topological polar surface area (TPSA) is 29.1 Å². The molecule has 1 N–H and O–H groups in total. The fraction of sp³-hybridized carbons (Fsp3) is 0.235. The van der Waals surface area contributed by atoms with E-state index in [1.165, 1.54) is 0 Å². The van der Waals surface area contributed by atoms with Crippen LogP contribution < -0.4 is 5.32 Å². The summed E-state index contributed by atoms with van der Waals surface area (Å²) in [7, 11) is 0. The summed E-state index contributed by atoms with van der Waals surface area (Å²) < 4.78 is 0. The van der Waals surface area contributed by atoms with Gasteiger partial charge in [-0.05, 0) is 41.8 Å². The molecule has 2 rings (SSSR count). The Labute approximate surface area is 135 Å². The van der Waals surface area contributed by atoms with Crippen LogP contribution in [0.2, 0.25) is 10.0 Å². The van der Waals surface area contributed by atoms with Crippen molar-refractivity contribution in [2.75, 3.05) is 0 Å². The summed E-state index contributed by atoms with van der Waals surface area (Å²) >= 11 is 11.7. The lowest BCUT2D eigenvalue weighted by Crippen LogP contribution is -2.29. The van der Waals surface area contributed by atoms with Gasteiger partial charge in [-0.15, -0.1) is 0 Å². The normalized spacial score (nSPS) is 12.0. The highest BCUT2D eigenvalue weighted by atomic mass is 35.5. The molecule has 2 aromatic rings. The number of nitrogens with one attached hydrogen (secondary N) is 1. The van der Waals surface area contributed by atoms with E-state index in [1.807, 2.05) is 43.3 Å².